The van der Waals surface area contributed by atoms with Crippen molar-refractivity contribution in [1.82, 2.24) is 15.1 Å². The van der Waals surface area contributed by atoms with Crippen LogP contribution in [0.25, 0.3) is 0 Å². The zero-order valence-electron chi connectivity index (χ0n) is 12.1. The summed E-state index contributed by atoms with van der Waals surface area (Å²) >= 11 is 0. The maximum atomic E-state index is 5.85. The molecule has 104 valence electrons. The van der Waals surface area contributed by atoms with Gasteiger partial charge in [-0.25, -0.2) is 0 Å². The predicted molar refractivity (Wildman–Crippen MR) is 74.7 cm³/mol. The van der Waals surface area contributed by atoms with Gasteiger partial charge in [0.05, 0.1) is 12.3 Å². The van der Waals surface area contributed by atoms with Gasteiger partial charge in [0.25, 0.3) is 0 Å². The Morgan fingerprint density at radius 1 is 1.39 bits per heavy atom. The molecule has 1 aromatic rings. The highest BCUT2D eigenvalue weighted by Crippen LogP contribution is 2.13. The van der Waals surface area contributed by atoms with Gasteiger partial charge in [-0.1, -0.05) is 13.3 Å². The van der Waals surface area contributed by atoms with E-state index in [1.165, 1.54) is 5.56 Å². The summed E-state index contributed by atoms with van der Waals surface area (Å²) in [6.07, 6.45) is 8.77. The molecule has 4 heteroatoms. The number of aromatic nitrogens is 2. The summed E-state index contributed by atoms with van der Waals surface area (Å²) in [5.74, 6) is 0. The third-order valence-electron chi connectivity index (χ3n) is 3.28. The van der Waals surface area contributed by atoms with E-state index in [2.05, 4.69) is 30.5 Å². The summed E-state index contributed by atoms with van der Waals surface area (Å²) < 4.78 is 7.70. The monoisotopic (exact) mass is 253 g/mol. The van der Waals surface area contributed by atoms with Crippen molar-refractivity contribution in [3.8, 4) is 0 Å². The Morgan fingerprint density at radius 2 is 2.17 bits per heavy atom. The van der Waals surface area contributed by atoms with E-state index in [0.717, 1.165) is 32.3 Å². The summed E-state index contributed by atoms with van der Waals surface area (Å²) in [5.41, 5.74) is 1.30. The molecule has 0 aliphatic carbocycles. The Hall–Kier alpha value is -0.870. The van der Waals surface area contributed by atoms with Crippen LogP contribution in [-0.4, -0.2) is 35.6 Å². The normalized spacial score (nSPS) is 14.7. The van der Waals surface area contributed by atoms with E-state index in [1.807, 2.05) is 25.0 Å². The van der Waals surface area contributed by atoms with Crippen molar-refractivity contribution in [2.75, 3.05) is 13.7 Å². The zero-order chi connectivity index (χ0) is 13.4. The van der Waals surface area contributed by atoms with Crippen LogP contribution in [0.2, 0.25) is 0 Å². The maximum absolute atomic E-state index is 5.85. The molecular weight excluding hydrogens is 226 g/mol. The number of aryl methyl sites for hydroxylation is 2. The molecule has 2 atom stereocenters. The summed E-state index contributed by atoms with van der Waals surface area (Å²) in [6, 6.07) is 0.421. The quantitative estimate of drug-likeness (QED) is 0.733. The molecule has 0 radical (unpaired) electrons. The highest BCUT2D eigenvalue weighted by atomic mass is 16.5. The van der Waals surface area contributed by atoms with E-state index in [4.69, 9.17) is 4.74 Å². The molecule has 0 saturated carbocycles. The minimum atomic E-state index is 0.321. The van der Waals surface area contributed by atoms with Crippen LogP contribution in [0.15, 0.2) is 12.4 Å². The lowest BCUT2D eigenvalue weighted by Crippen LogP contribution is -2.39. The summed E-state index contributed by atoms with van der Waals surface area (Å²) in [7, 11) is 3.98. The van der Waals surface area contributed by atoms with Crippen LogP contribution >= 0.6 is 0 Å². The van der Waals surface area contributed by atoms with Gasteiger partial charge in [0, 0.05) is 25.9 Å². The van der Waals surface area contributed by atoms with Crippen LogP contribution in [0, 0.1) is 0 Å². The third kappa shape index (κ3) is 4.78. The van der Waals surface area contributed by atoms with Crippen LogP contribution in [-0.2, 0) is 18.2 Å². The lowest BCUT2D eigenvalue weighted by atomic mass is 9.99. The third-order valence-corrected chi connectivity index (χ3v) is 3.28. The SMILES string of the molecule is CCCC(OCC)C(CCc1cnn(C)c1)NC. The largest absolute Gasteiger partial charge is 0.377 e. The van der Waals surface area contributed by atoms with E-state index in [9.17, 15) is 0 Å². The van der Waals surface area contributed by atoms with Crippen LogP contribution in [0.5, 0.6) is 0 Å². The number of nitrogens with one attached hydrogen (secondary N) is 1. The second-order valence-corrected chi connectivity index (χ2v) is 4.74. The fourth-order valence-corrected chi connectivity index (χ4v) is 2.34. The van der Waals surface area contributed by atoms with E-state index < -0.39 is 0 Å². The molecule has 18 heavy (non-hydrogen) atoms. The molecule has 4 nitrogen and oxygen atoms in total. The first-order chi connectivity index (χ1) is 8.71. The van der Waals surface area contributed by atoms with Crippen LogP contribution in [0.3, 0.4) is 0 Å². The van der Waals surface area contributed by atoms with E-state index in [1.54, 1.807) is 0 Å². The van der Waals surface area contributed by atoms with Crippen LogP contribution in [0.4, 0.5) is 0 Å². The molecule has 0 saturated heterocycles. The molecule has 1 aromatic heterocycles. The zero-order valence-corrected chi connectivity index (χ0v) is 12.1. The molecule has 0 amide bonds. The van der Waals surface area contributed by atoms with Crippen molar-refractivity contribution in [2.45, 2.75) is 51.7 Å². The van der Waals surface area contributed by atoms with Gasteiger partial charge in [-0.3, -0.25) is 4.68 Å². The minimum absolute atomic E-state index is 0.321. The minimum Gasteiger partial charge on any atom is -0.377 e. The molecule has 0 aliphatic heterocycles. The van der Waals surface area contributed by atoms with E-state index in [-0.39, 0.29) is 0 Å². The Bertz CT molecular complexity index is 319. The van der Waals surface area contributed by atoms with Crippen molar-refractivity contribution in [3.05, 3.63) is 18.0 Å². The summed E-state index contributed by atoms with van der Waals surface area (Å²) in [5, 5.41) is 7.60. The molecule has 0 fully saturated rings. The predicted octanol–water partition coefficient (Wildman–Crippen LogP) is 2.15. The van der Waals surface area contributed by atoms with Gasteiger partial charge in [0.1, 0.15) is 0 Å². The van der Waals surface area contributed by atoms with E-state index >= 15 is 0 Å². The molecule has 1 N–H and O–H groups in total. The van der Waals surface area contributed by atoms with Crippen molar-refractivity contribution >= 4 is 0 Å². The average Bonchev–Trinajstić information content (AvgIpc) is 2.76. The van der Waals surface area contributed by atoms with E-state index in [0.29, 0.717) is 12.1 Å². The standard InChI is InChI=1S/C14H27N3O/c1-5-7-14(18-6-2)13(15-3)9-8-12-10-16-17(4)11-12/h10-11,13-15H,5-9H2,1-4H3. The number of likely N-dealkylation sites (N-methyl/N-ethyl adjacent to an activating group) is 1. The Morgan fingerprint density at radius 3 is 2.67 bits per heavy atom. The fraction of sp³-hybridized carbons (Fsp3) is 0.786. The Kier molecular flexibility index (Phi) is 6.98. The number of nitrogens with zero attached hydrogens (tertiary/aromatic N) is 2. The summed E-state index contributed by atoms with van der Waals surface area (Å²) in [6.45, 7) is 5.06. The van der Waals surface area contributed by atoms with Gasteiger partial charge in [0.15, 0.2) is 0 Å². The van der Waals surface area contributed by atoms with Crippen LogP contribution in [0.1, 0.15) is 38.7 Å². The Labute approximate surface area is 111 Å². The lowest BCUT2D eigenvalue weighted by Gasteiger charge is -2.26. The van der Waals surface area contributed by atoms with Crippen LogP contribution < -0.4 is 5.32 Å². The van der Waals surface area contributed by atoms with Crippen molar-refractivity contribution < 1.29 is 4.74 Å². The molecule has 1 heterocycles. The number of hydrogen-bond donors (Lipinski definition) is 1. The lowest BCUT2D eigenvalue weighted by molar-refractivity contribution is 0.0279. The average molecular weight is 253 g/mol. The molecular formula is C14H27N3O. The second kappa shape index (κ2) is 8.27. The second-order valence-electron chi connectivity index (χ2n) is 4.74. The van der Waals surface area contributed by atoms with Gasteiger partial charge in [0.2, 0.25) is 0 Å². The summed E-state index contributed by atoms with van der Waals surface area (Å²) in [4.78, 5) is 0. The van der Waals surface area contributed by atoms with Gasteiger partial charge < -0.3 is 10.1 Å². The van der Waals surface area contributed by atoms with Gasteiger partial charge >= 0.3 is 0 Å². The number of ether oxygens (including phenoxy) is 1. The molecule has 1 rings (SSSR count). The molecule has 0 aliphatic rings. The van der Waals surface area contributed by atoms with Gasteiger partial charge in [-0.15, -0.1) is 0 Å². The van der Waals surface area contributed by atoms with Crippen molar-refractivity contribution in [3.63, 3.8) is 0 Å². The first kappa shape index (κ1) is 15.2. The Balaban J connectivity index is 2.48. The number of hydrogen-bond acceptors (Lipinski definition) is 3. The van der Waals surface area contributed by atoms with Crippen molar-refractivity contribution in [2.24, 2.45) is 7.05 Å². The molecule has 2 unspecified atom stereocenters. The fourth-order valence-electron chi connectivity index (χ4n) is 2.34. The first-order valence-electron chi connectivity index (χ1n) is 6.97. The van der Waals surface area contributed by atoms with Crippen molar-refractivity contribution in [1.29, 1.82) is 0 Å². The molecule has 0 bridgehead atoms. The van der Waals surface area contributed by atoms with Gasteiger partial charge in [-0.2, -0.15) is 5.10 Å². The maximum Gasteiger partial charge on any atom is 0.0727 e. The highest BCUT2D eigenvalue weighted by Gasteiger charge is 2.19. The molecule has 0 spiro atoms. The topological polar surface area (TPSA) is 39.1 Å². The smallest absolute Gasteiger partial charge is 0.0727 e. The highest BCUT2D eigenvalue weighted by molar-refractivity contribution is 5.04. The number of rotatable bonds is 9. The first-order valence-corrected chi connectivity index (χ1v) is 6.97. The van der Waals surface area contributed by atoms with Gasteiger partial charge in [-0.05, 0) is 38.8 Å². The molecule has 0 aromatic carbocycles.